The molecule has 0 amide bonds. The van der Waals surface area contributed by atoms with E-state index in [0.717, 1.165) is 24.1 Å². The standard InChI is InChI=1S/C13H20N2O/c1-9(2)12-8-11(13(16)15-14-12)10-6-4-3-5-7-10/h8-10H,3-7H2,1-2H3,(H,15,16). The van der Waals surface area contributed by atoms with Crippen molar-refractivity contribution in [2.45, 2.75) is 57.8 Å². The van der Waals surface area contributed by atoms with Crippen LogP contribution in [0.4, 0.5) is 0 Å². The molecule has 1 heterocycles. The van der Waals surface area contributed by atoms with E-state index in [2.05, 4.69) is 24.0 Å². The molecule has 1 aromatic rings. The minimum Gasteiger partial charge on any atom is -0.268 e. The molecule has 0 radical (unpaired) electrons. The van der Waals surface area contributed by atoms with Gasteiger partial charge in [0.1, 0.15) is 0 Å². The average molecular weight is 220 g/mol. The first-order valence-electron chi connectivity index (χ1n) is 6.28. The van der Waals surface area contributed by atoms with Crippen molar-refractivity contribution in [1.82, 2.24) is 10.2 Å². The number of hydrogen-bond acceptors (Lipinski definition) is 2. The first-order chi connectivity index (χ1) is 7.68. The Morgan fingerprint density at radius 2 is 2.00 bits per heavy atom. The Kier molecular flexibility index (Phi) is 3.42. The molecule has 3 heteroatoms. The van der Waals surface area contributed by atoms with Crippen LogP contribution in [0.1, 0.15) is 69.0 Å². The van der Waals surface area contributed by atoms with E-state index >= 15 is 0 Å². The normalized spacial score (nSPS) is 17.9. The predicted molar refractivity (Wildman–Crippen MR) is 64.8 cm³/mol. The van der Waals surface area contributed by atoms with Crippen molar-refractivity contribution < 1.29 is 0 Å². The van der Waals surface area contributed by atoms with Gasteiger partial charge in [-0.15, -0.1) is 0 Å². The van der Waals surface area contributed by atoms with E-state index < -0.39 is 0 Å². The molecule has 1 N–H and O–H groups in total. The SMILES string of the molecule is CC(C)c1cc(C2CCCCC2)c(=O)[nH]n1. The highest BCUT2D eigenvalue weighted by atomic mass is 16.1. The lowest BCUT2D eigenvalue weighted by molar-refractivity contribution is 0.439. The lowest BCUT2D eigenvalue weighted by atomic mass is 9.84. The van der Waals surface area contributed by atoms with E-state index in [0.29, 0.717) is 11.8 Å². The molecular weight excluding hydrogens is 200 g/mol. The summed E-state index contributed by atoms with van der Waals surface area (Å²) in [6.07, 6.45) is 6.14. The molecule has 1 saturated carbocycles. The summed E-state index contributed by atoms with van der Waals surface area (Å²) < 4.78 is 0. The molecule has 88 valence electrons. The number of aromatic nitrogens is 2. The molecule has 3 nitrogen and oxygen atoms in total. The fraction of sp³-hybridized carbons (Fsp3) is 0.692. The van der Waals surface area contributed by atoms with Gasteiger partial charge in [-0.3, -0.25) is 4.79 Å². The van der Waals surface area contributed by atoms with Crippen LogP contribution < -0.4 is 5.56 Å². The Bertz CT molecular complexity index is 403. The number of H-pyrrole nitrogens is 1. The van der Waals surface area contributed by atoms with Gasteiger partial charge >= 0.3 is 0 Å². The Morgan fingerprint density at radius 3 is 2.62 bits per heavy atom. The van der Waals surface area contributed by atoms with Crippen LogP contribution in [0.15, 0.2) is 10.9 Å². The highest BCUT2D eigenvalue weighted by Crippen LogP contribution is 2.31. The number of hydrogen-bond donors (Lipinski definition) is 1. The number of rotatable bonds is 2. The third-order valence-corrected chi connectivity index (χ3v) is 3.49. The average Bonchev–Trinajstić information content (AvgIpc) is 2.30. The predicted octanol–water partition coefficient (Wildman–Crippen LogP) is 2.94. The third kappa shape index (κ3) is 2.34. The monoisotopic (exact) mass is 220 g/mol. The van der Waals surface area contributed by atoms with Gasteiger partial charge in [-0.2, -0.15) is 5.10 Å². The lowest BCUT2D eigenvalue weighted by Gasteiger charge is -2.21. The zero-order valence-electron chi connectivity index (χ0n) is 10.1. The first kappa shape index (κ1) is 11.4. The van der Waals surface area contributed by atoms with Gasteiger partial charge in [0.25, 0.3) is 5.56 Å². The van der Waals surface area contributed by atoms with Gasteiger partial charge in [-0.25, -0.2) is 5.10 Å². The maximum atomic E-state index is 11.8. The highest BCUT2D eigenvalue weighted by molar-refractivity contribution is 5.19. The molecule has 1 aliphatic rings. The molecule has 0 bridgehead atoms. The second-order valence-corrected chi connectivity index (χ2v) is 5.07. The van der Waals surface area contributed by atoms with Gasteiger partial charge in [-0.05, 0) is 30.7 Å². The Morgan fingerprint density at radius 1 is 1.31 bits per heavy atom. The van der Waals surface area contributed by atoms with Crippen LogP contribution in [0.25, 0.3) is 0 Å². The van der Waals surface area contributed by atoms with Gasteiger partial charge < -0.3 is 0 Å². The van der Waals surface area contributed by atoms with Crippen LogP contribution in [0, 0.1) is 0 Å². The second-order valence-electron chi connectivity index (χ2n) is 5.07. The summed E-state index contributed by atoms with van der Waals surface area (Å²) in [6.45, 7) is 4.20. The van der Waals surface area contributed by atoms with E-state index in [1.807, 2.05) is 6.07 Å². The van der Waals surface area contributed by atoms with Crippen molar-refractivity contribution in [2.24, 2.45) is 0 Å². The topological polar surface area (TPSA) is 45.8 Å². The maximum absolute atomic E-state index is 11.8. The summed E-state index contributed by atoms with van der Waals surface area (Å²) in [5.41, 5.74) is 1.97. The van der Waals surface area contributed by atoms with Crippen LogP contribution in [0.2, 0.25) is 0 Å². The number of aromatic amines is 1. The molecule has 0 aliphatic heterocycles. The van der Waals surface area contributed by atoms with Gasteiger partial charge in [0.15, 0.2) is 0 Å². The highest BCUT2D eigenvalue weighted by Gasteiger charge is 2.19. The molecule has 0 atom stereocenters. The van der Waals surface area contributed by atoms with Gasteiger partial charge in [0.2, 0.25) is 0 Å². The zero-order valence-corrected chi connectivity index (χ0v) is 10.1. The fourth-order valence-corrected chi connectivity index (χ4v) is 2.45. The van der Waals surface area contributed by atoms with Crippen molar-refractivity contribution in [3.8, 4) is 0 Å². The van der Waals surface area contributed by atoms with E-state index in [9.17, 15) is 4.79 Å². The lowest BCUT2D eigenvalue weighted by Crippen LogP contribution is -2.20. The van der Waals surface area contributed by atoms with Gasteiger partial charge in [-0.1, -0.05) is 33.1 Å². The van der Waals surface area contributed by atoms with Crippen molar-refractivity contribution in [3.63, 3.8) is 0 Å². The van der Waals surface area contributed by atoms with Crippen LogP contribution in [0.5, 0.6) is 0 Å². The molecule has 1 aromatic heterocycles. The van der Waals surface area contributed by atoms with Crippen molar-refractivity contribution in [2.75, 3.05) is 0 Å². The number of nitrogens with one attached hydrogen (secondary N) is 1. The molecule has 0 aromatic carbocycles. The fourth-order valence-electron chi connectivity index (χ4n) is 2.45. The van der Waals surface area contributed by atoms with Crippen molar-refractivity contribution in [3.05, 3.63) is 27.7 Å². The van der Waals surface area contributed by atoms with E-state index in [4.69, 9.17) is 0 Å². The summed E-state index contributed by atoms with van der Waals surface area (Å²) in [5, 5.41) is 6.74. The number of nitrogens with zero attached hydrogens (tertiary/aromatic N) is 1. The van der Waals surface area contributed by atoms with Crippen LogP contribution in [-0.2, 0) is 0 Å². The van der Waals surface area contributed by atoms with Gasteiger partial charge in [0, 0.05) is 5.56 Å². The zero-order chi connectivity index (χ0) is 11.5. The van der Waals surface area contributed by atoms with E-state index in [1.54, 1.807) is 0 Å². The quantitative estimate of drug-likeness (QED) is 0.833. The molecule has 1 fully saturated rings. The smallest absolute Gasteiger partial charge is 0.267 e. The third-order valence-electron chi connectivity index (χ3n) is 3.49. The summed E-state index contributed by atoms with van der Waals surface area (Å²) in [5.74, 6) is 0.831. The molecule has 0 spiro atoms. The largest absolute Gasteiger partial charge is 0.268 e. The minimum atomic E-state index is 0.0105. The maximum Gasteiger partial charge on any atom is 0.267 e. The second kappa shape index (κ2) is 4.81. The summed E-state index contributed by atoms with van der Waals surface area (Å²) >= 11 is 0. The van der Waals surface area contributed by atoms with E-state index in [-0.39, 0.29) is 5.56 Å². The summed E-state index contributed by atoms with van der Waals surface area (Å²) in [4.78, 5) is 11.8. The minimum absolute atomic E-state index is 0.0105. The summed E-state index contributed by atoms with van der Waals surface area (Å²) in [7, 11) is 0. The van der Waals surface area contributed by atoms with E-state index in [1.165, 1.54) is 19.3 Å². The molecule has 2 rings (SSSR count). The Hall–Kier alpha value is -1.12. The van der Waals surface area contributed by atoms with Crippen LogP contribution in [0.3, 0.4) is 0 Å². The Balaban J connectivity index is 2.30. The first-order valence-corrected chi connectivity index (χ1v) is 6.28. The Labute approximate surface area is 96.3 Å². The van der Waals surface area contributed by atoms with Crippen molar-refractivity contribution >= 4 is 0 Å². The van der Waals surface area contributed by atoms with Crippen molar-refractivity contribution in [1.29, 1.82) is 0 Å². The molecule has 0 unspecified atom stereocenters. The molecule has 1 aliphatic carbocycles. The molecule has 0 saturated heterocycles. The summed E-state index contributed by atoms with van der Waals surface area (Å²) in [6, 6.07) is 2.01. The molecule has 16 heavy (non-hydrogen) atoms. The van der Waals surface area contributed by atoms with Gasteiger partial charge in [0.05, 0.1) is 5.69 Å². The van der Waals surface area contributed by atoms with Crippen LogP contribution >= 0.6 is 0 Å². The molecular formula is C13H20N2O. The van der Waals surface area contributed by atoms with Crippen LogP contribution in [-0.4, -0.2) is 10.2 Å².